The molecular formula is C17H28N4O4. The monoisotopic (exact) mass is 352 g/mol. The average Bonchev–Trinajstić information content (AvgIpc) is 2.87. The first kappa shape index (κ1) is 19.4. The van der Waals surface area contributed by atoms with Gasteiger partial charge in [0.25, 0.3) is 5.91 Å². The summed E-state index contributed by atoms with van der Waals surface area (Å²) >= 11 is 0. The molecule has 5 N–H and O–H groups in total. The van der Waals surface area contributed by atoms with E-state index in [0.29, 0.717) is 6.54 Å². The van der Waals surface area contributed by atoms with Crippen molar-refractivity contribution < 1.29 is 19.2 Å². The Kier molecular flexibility index (Phi) is 4.71. The molecular weight excluding hydrogens is 324 g/mol. The summed E-state index contributed by atoms with van der Waals surface area (Å²) < 4.78 is 0. The van der Waals surface area contributed by atoms with E-state index >= 15 is 0 Å². The molecule has 0 aromatic carbocycles. The van der Waals surface area contributed by atoms with E-state index < -0.39 is 41.6 Å². The van der Waals surface area contributed by atoms with Crippen molar-refractivity contribution in [2.24, 2.45) is 34.1 Å². The van der Waals surface area contributed by atoms with Gasteiger partial charge in [0, 0.05) is 6.54 Å². The number of amides is 3. The summed E-state index contributed by atoms with van der Waals surface area (Å²) in [6.07, 6.45) is 0. The molecule has 2 rings (SSSR count). The van der Waals surface area contributed by atoms with Crippen LogP contribution in [0.4, 0.5) is 0 Å². The van der Waals surface area contributed by atoms with E-state index in [-0.39, 0.29) is 23.2 Å². The van der Waals surface area contributed by atoms with Crippen LogP contribution < -0.4 is 16.8 Å². The normalized spacial score (nSPS) is 28.1. The molecule has 1 saturated heterocycles. The van der Waals surface area contributed by atoms with Crippen LogP contribution in [0.25, 0.3) is 0 Å². The average molecular weight is 352 g/mol. The van der Waals surface area contributed by atoms with Gasteiger partial charge in [-0.15, -0.1) is 0 Å². The number of Topliss-reactive ketones (excluding diaryl/α,β-unsaturated/α-hetero) is 1. The van der Waals surface area contributed by atoms with Crippen LogP contribution in [0, 0.1) is 22.7 Å². The van der Waals surface area contributed by atoms with Crippen molar-refractivity contribution in [3.8, 4) is 0 Å². The maximum Gasteiger partial charge on any atom is 0.286 e. The van der Waals surface area contributed by atoms with Gasteiger partial charge in [0.15, 0.2) is 0 Å². The van der Waals surface area contributed by atoms with Crippen molar-refractivity contribution in [3.05, 3.63) is 0 Å². The number of hydrogen-bond acceptors (Lipinski definition) is 5. The Balaban J connectivity index is 2.15. The molecule has 140 valence electrons. The van der Waals surface area contributed by atoms with Crippen LogP contribution in [0.3, 0.4) is 0 Å². The number of ketones is 1. The molecule has 8 nitrogen and oxygen atoms in total. The molecule has 1 aliphatic heterocycles. The summed E-state index contributed by atoms with van der Waals surface area (Å²) in [6.45, 7) is 9.74. The second-order valence-corrected chi connectivity index (χ2v) is 8.74. The lowest BCUT2D eigenvalue weighted by Crippen LogP contribution is -2.57. The summed E-state index contributed by atoms with van der Waals surface area (Å²) in [4.78, 5) is 49.1. The number of rotatable bonds is 5. The second-order valence-electron chi connectivity index (χ2n) is 8.74. The number of nitrogens with zero attached hydrogens (tertiary/aromatic N) is 1. The maximum absolute atomic E-state index is 12.8. The SMILES string of the molecule is CC(C)(C)[C@H](N)C(=O)N1C[C@H]2[C@@H]([C@H]1C(=O)NCC(=O)C(N)=O)C2(C)C. The van der Waals surface area contributed by atoms with Crippen LogP contribution in [0.1, 0.15) is 34.6 Å². The molecule has 0 aromatic rings. The molecule has 2 fully saturated rings. The highest BCUT2D eigenvalue weighted by Crippen LogP contribution is 2.64. The molecule has 1 heterocycles. The number of likely N-dealkylation sites (tertiary alicyclic amines) is 1. The van der Waals surface area contributed by atoms with Crippen molar-refractivity contribution >= 4 is 23.5 Å². The molecule has 3 amide bonds. The number of fused-ring (bicyclic) bond motifs is 1. The van der Waals surface area contributed by atoms with Crippen LogP contribution in [0.2, 0.25) is 0 Å². The first-order valence-electron chi connectivity index (χ1n) is 8.46. The fourth-order valence-corrected chi connectivity index (χ4v) is 3.72. The van der Waals surface area contributed by atoms with Crippen LogP contribution >= 0.6 is 0 Å². The number of carbonyl (C=O) groups excluding carboxylic acids is 4. The summed E-state index contributed by atoms with van der Waals surface area (Å²) in [7, 11) is 0. The third kappa shape index (κ3) is 3.40. The van der Waals surface area contributed by atoms with Crippen LogP contribution in [0.5, 0.6) is 0 Å². The zero-order valence-electron chi connectivity index (χ0n) is 15.5. The quantitative estimate of drug-likeness (QED) is 0.546. The first-order valence-corrected chi connectivity index (χ1v) is 8.46. The van der Waals surface area contributed by atoms with E-state index in [4.69, 9.17) is 11.5 Å². The molecule has 25 heavy (non-hydrogen) atoms. The summed E-state index contributed by atoms with van der Waals surface area (Å²) in [5.41, 5.74) is 10.5. The highest BCUT2D eigenvalue weighted by molar-refractivity contribution is 6.36. The van der Waals surface area contributed by atoms with Crippen LogP contribution in [0.15, 0.2) is 0 Å². The van der Waals surface area contributed by atoms with E-state index in [1.54, 1.807) is 0 Å². The molecule has 0 spiro atoms. The first-order chi connectivity index (χ1) is 11.3. The zero-order chi connectivity index (χ0) is 19.3. The molecule has 1 saturated carbocycles. The number of nitrogens with two attached hydrogens (primary N) is 2. The lowest BCUT2D eigenvalue weighted by Gasteiger charge is -2.35. The van der Waals surface area contributed by atoms with Crippen molar-refractivity contribution in [2.75, 3.05) is 13.1 Å². The van der Waals surface area contributed by atoms with Gasteiger partial charge in [-0.1, -0.05) is 34.6 Å². The van der Waals surface area contributed by atoms with Gasteiger partial charge in [0.1, 0.15) is 6.04 Å². The van der Waals surface area contributed by atoms with E-state index in [9.17, 15) is 19.2 Å². The van der Waals surface area contributed by atoms with Gasteiger partial charge >= 0.3 is 0 Å². The standard InChI is InChI=1S/C17H28N4O4/c1-16(2,3)12(18)15(25)21-7-8-10(17(8,4)5)11(21)14(24)20-6-9(22)13(19)23/h8,10-12H,6-7,18H2,1-5H3,(H2,19,23)(H,20,24)/t8-,10-,11-,12+/m0/s1. The minimum Gasteiger partial charge on any atom is -0.363 e. The molecule has 0 aromatic heterocycles. The van der Waals surface area contributed by atoms with E-state index in [1.165, 1.54) is 4.90 Å². The molecule has 2 aliphatic rings. The highest BCUT2D eigenvalue weighted by atomic mass is 16.2. The minimum absolute atomic E-state index is 0.0206. The fraction of sp³-hybridized carbons (Fsp3) is 0.765. The van der Waals surface area contributed by atoms with Gasteiger partial charge in [-0.25, -0.2) is 0 Å². The van der Waals surface area contributed by atoms with Crippen molar-refractivity contribution in [3.63, 3.8) is 0 Å². The zero-order valence-corrected chi connectivity index (χ0v) is 15.5. The smallest absolute Gasteiger partial charge is 0.286 e. The predicted octanol–water partition coefficient (Wildman–Crippen LogP) is -0.987. The summed E-state index contributed by atoms with van der Waals surface area (Å²) in [5.74, 6) is -2.43. The van der Waals surface area contributed by atoms with Crippen LogP contribution in [-0.2, 0) is 19.2 Å². The number of nitrogens with one attached hydrogen (secondary N) is 1. The van der Waals surface area contributed by atoms with Crippen molar-refractivity contribution in [2.45, 2.75) is 46.7 Å². The van der Waals surface area contributed by atoms with Gasteiger partial charge in [0.05, 0.1) is 12.6 Å². The largest absolute Gasteiger partial charge is 0.363 e. The second kappa shape index (κ2) is 6.09. The van der Waals surface area contributed by atoms with Gasteiger partial charge in [0.2, 0.25) is 17.6 Å². The summed E-state index contributed by atoms with van der Waals surface area (Å²) in [5, 5.41) is 2.44. The van der Waals surface area contributed by atoms with E-state index in [0.717, 1.165) is 0 Å². The predicted molar refractivity (Wildman–Crippen MR) is 90.9 cm³/mol. The van der Waals surface area contributed by atoms with Gasteiger partial charge < -0.3 is 21.7 Å². The van der Waals surface area contributed by atoms with Crippen molar-refractivity contribution in [1.82, 2.24) is 10.2 Å². The van der Waals surface area contributed by atoms with Crippen molar-refractivity contribution in [1.29, 1.82) is 0 Å². The molecule has 4 atom stereocenters. The van der Waals surface area contributed by atoms with Gasteiger partial charge in [-0.2, -0.15) is 0 Å². The number of piperidine rings is 1. The molecule has 0 bridgehead atoms. The Bertz CT molecular complexity index is 623. The number of carbonyl (C=O) groups is 4. The lowest BCUT2D eigenvalue weighted by atomic mass is 9.86. The molecule has 1 aliphatic carbocycles. The van der Waals surface area contributed by atoms with Gasteiger partial charge in [-0.3, -0.25) is 19.2 Å². The number of hydrogen-bond donors (Lipinski definition) is 3. The minimum atomic E-state index is -1.10. The number of primary amides is 1. The van der Waals surface area contributed by atoms with Gasteiger partial charge in [-0.05, 0) is 22.7 Å². The Hall–Kier alpha value is -1.96. The Labute approximate surface area is 147 Å². The third-order valence-electron chi connectivity index (χ3n) is 5.66. The lowest BCUT2D eigenvalue weighted by molar-refractivity contribution is -0.143. The van der Waals surface area contributed by atoms with Crippen LogP contribution in [-0.4, -0.2) is 53.6 Å². The Morgan fingerprint density at radius 3 is 2.28 bits per heavy atom. The Morgan fingerprint density at radius 1 is 1.24 bits per heavy atom. The highest BCUT2D eigenvalue weighted by Gasteiger charge is 2.69. The topological polar surface area (TPSA) is 136 Å². The molecule has 0 unspecified atom stereocenters. The summed E-state index contributed by atoms with van der Waals surface area (Å²) in [6, 6.07) is -1.41. The molecule has 8 heteroatoms. The maximum atomic E-state index is 12.8. The van der Waals surface area contributed by atoms with E-state index in [1.807, 2.05) is 20.8 Å². The Morgan fingerprint density at radius 2 is 1.80 bits per heavy atom. The fourth-order valence-electron chi connectivity index (χ4n) is 3.72. The third-order valence-corrected chi connectivity index (χ3v) is 5.66. The molecule has 0 radical (unpaired) electrons. The van der Waals surface area contributed by atoms with E-state index in [2.05, 4.69) is 19.2 Å².